The van der Waals surface area contributed by atoms with Crippen LogP contribution in [0.25, 0.3) is 87.6 Å². The molecule has 0 N–H and O–H groups in total. The smallest absolute Gasteiger partial charge is 0.0159 e. The predicted octanol–water partition coefficient (Wildman–Crippen LogP) is 13.6. The maximum atomic E-state index is 2.47. The summed E-state index contributed by atoms with van der Waals surface area (Å²) in [6.45, 7) is 4.74. The number of hydrogen-bond donors (Lipinski definition) is 0. The largest absolute Gasteiger partial charge is 0.0622 e. The van der Waals surface area contributed by atoms with Gasteiger partial charge in [0.2, 0.25) is 0 Å². The third-order valence-corrected chi connectivity index (χ3v) is 11.0. The van der Waals surface area contributed by atoms with Gasteiger partial charge in [-0.3, -0.25) is 0 Å². The normalized spacial score (nSPS) is 13.3. The highest BCUT2D eigenvalue weighted by Crippen LogP contribution is 2.51. The van der Waals surface area contributed by atoms with E-state index < -0.39 is 0 Å². The first kappa shape index (κ1) is 28.1. The van der Waals surface area contributed by atoms with Crippen molar-refractivity contribution in [3.8, 4) is 44.5 Å². The van der Waals surface area contributed by atoms with Crippen molar-refractivity contribution in [2.45, 2.75) is 19.3 Å². The molecule has 0 heteroatoms. The van der Waals surface area contributed by atoms with Crippen LogP contribution in [0.4, 0.5) is 0 Å². The van der Waals surface area contributed by atoms with E-state index in [1.54, 1.807) is 0 Å². The number of hydrogen-bond acceptors (Lipinski definition) is 0. The van der Waals surface area contributed by atoms with Gasteiger partial charge in [-0.05, 0) is 117 Å². The first-order valence-corrected chi connectivity index (χ1v) is 17.3. The van der Waals surface area contributed by atoms with Gasteiger partial charge in [0.05, 0.1) is 0 Å². The zero-order chi connectivity index (χ0) is 32.7. The molecule has 0 heterocycles. The minimum atomic E-state index is -0.0538. The minimum absolute atomic E-state index is 0.0538. The Morgan fingerprint density at radius 3 is 1.49 bits per heavy atom. The number of fused-ring (bicyclic) bond motifs is 8. The molecule has 1 aliphatic rings. The van der Waals surface area contributed by atoms with Gasteiger partial charge in [0.1, 0.15) is 0 Å². The Morgan fingerprint density at radius 2 is 0.816 bits per heavy atom. The van der Waals surface area contributed by atoms with Crippen molar-refractivity contribution in [3.05, 3.63) is 181 Å². The minimum Gasteiger partial charge on any atom is -0.0622 e. The highest BCUT2D eigenvalue weighted by atomic mass is 14.4. The van der Waals surface area contributed by atoms with Crippen molar-refractivity contribution >= 4 is 43.1 Å². The van der Waals surface area contributed by atoms with Crippen LogP contribution in [0.1, 0.15) is 25.0 Å². The van der Waals surface area contributed by atoms with Gasteiger partial charge in [-0.25, -0.2) is 0 Å². The van der Waals surface area contributed by atoms with Gasteiger partial charge in [0.25, 0.3) is 0 Å². The average Bonchev–Trinajstić information content (AvgIpc) is 3.39. The molecule has 1 aliphatic carbocycles. The van der Waals surface area contributed by atoms with Crippen LogP contribution in [-0.2, 0) is 5.41 Å². The van der Waals surface area contributed by atoms with E-state index in [-0.39, 0.29) is 5.41 Å². The molecule has 0 spiro atoms. The highest BCUT2D eigenvalue weighted by molar-refractivity contribution is 6.23. The molecule has 0 radical (unpaired) electrons. The van der Waals surface area contributed by atoms with Crippen molar-refractivity contribution in [2.75, 3.05) is 0 Å². The molecule has 0 unspecified atom stereocenters. The lowest BCUT2D eigenvalue weighted by Gasteiger charge is -2.23. The molecule has 9 aromatic carbocycles. The Hall–Kier alpha value is -5.98. The summed E-state index contributed by atoms with van der Waals surface area (Å²) in [4.78, 5) is 0. The van der Waals surface area contributed by atoms with E-state index in [0.29, 0.717) is 0 Å². The second-order valence-electron chi connectivity index (χ2n) is 14.0. The van der Waals surface area contributed by atoms with Gasteiger partial charge >= 0.3 is 0 Å². The van der Waals surface area contributed by atoms with Crippen LogP contribution in [0.2, 0.25) is 0 Å². The van der Waals surface area contributed by atoms with Crippen molar-refractivity contribution in [2.24, 2.45) is 0 Å². The van der Waals surface area contributed by atoms with Gasteiger partial charge < -0.3 is 0 Å². The monoisotopic (exact) mass is 622 g/mol. The Balaban J connectivity index is 1.23. The molecule has 0 aliphatic heterocycles. The standard InChI is InChI=1S/C49H34/c1-49(2)45-23-13-12-18-37(45)38-27-26-34(30-46(38)49)48-41-21-10-8-19-39(41)47(40-20-9-11-22-42(40)48)33-25-24-32-28-43(31-14-4-3-5-15-31)35-16-6-7-17-36(35)44(32)29-33/h3-30H,1-2H3. The van der Waals surface area contributed by atoms with Gasteiger partial charge in [0.15, 0.2) is 0 Å². The molecule has 230 valence electrons. The zero-order valence-corrected chi connectivity index (χ0v) is 27.7. The summed E-state index contributed by atoms with van der Waals surface area (Å²) in [6.07, 6.45) is 0. The second-order valence-corrected chi connectivity index (χ2v) is 14.0. The lowest BCUT2D eigenvalue weighted by atomic mass is 9.80. The van der Waals surface area contributed by atoms with Crippen LogP contribution < -0.4 is 0 Å². The van der Waals surface area contributed by atoms with Gasteiger partial charge in [0, 0.05) is 5.41 Å². The molecule has 0 atom stereocenters. The van der Waals surface area contributed by atoms with Crippen LogP contribution in [0.15, 0.2) is 170 Å². The highest BCUT2D eigenvalue weighted by Gasteiger charge is 2.35. The molecule has 9 aromatic rings. The fourth-order valence-electron chi connectivity index (χ4n) is 8.72. The van der Waals surface area contributed by atoms with Gasteiger partial charge in [-0.2, -0.15) is 0 Å². The molecular weight excluding hydrogens is 589 g/mol. The maximum absolute atomic E-state index is 2.47. The Morgan fingerprint density at radius 1 is 0.306 bits per heavy atom. The summed E-state index contributed by atoms with van der Waals surface area (Å²) in [5.74, 6) is 0. The lowest BCUT2D eigenvalue weighted by molar-refractivity contribution is 0.660. The Bertz CT molecular complexity index is 2720. The van der Waals surface area contributed by atoms with E-state index >= 15 is 0 Å². The van der Waals surface area contributed by atoms with Crippen molar-refractivity contribution in [3.63, 3.8) is 0 Å². The molecule has 0 saturated heterocycles. The predicted molar refractivity (Wildman–Crippen MR) is 210 cm³/mol. The van der Waals surface area contributed by atoms with Gasteiger partial charge in [-0.1, -0.05) is 166 Å². The van der Waals surface area contributed by atoms with E-state index in [1.807, 2.05) is 0 Å². The van der Waals surface area contributed by atoms with E-state index in [9.17, 15) is 0 Å². The van der Waals surface area contributed by atoms with E-state index in [2.05, 4.69) is 184 Å². The molecule has 49 heavy (non-hydrogen) atoms. The summed E-state index contributed by atoms with van der Waals surface area (Å²) >= 11 is 0. The first-order valence-electron chi connectivity index (χ1n) is 17.3. The Kier molecular flexibility index (Phi) is 6.02. The van der Waals surface area contributed by atoms with Crippen LogP contribution >= 0.6 is 0 Å². The Labute approximate surface area is 286 Å². The summed E-state index contributed by atoms with van der Waals surface area (Å²) < 4.78 is 0. The van der Waals surface area contributed by atoms with E-state index in [1.165, 1.54) is 98.7 Å². The number of benzene rings is 9. The third kappa shape index (κ3) is 4.11. The molecule has 0 nitrogen and oxygen atoms in total. The third-order valence-electron chi connectivity index (χ3n) is 11.0. The first-order chi connectivity index (χ1) is 24.1. The van der Waals surface area contributed by atoms with Crippen LogP contribution in [-0.4, -0.2) is 0 Å². The quantitative estimate of drug-likeness (QED) is 0.136. The number of rotatable bonds is 3. The zero-order valence-electron chi connectivity index (χ0n) is 27.7. The van der Waals surface area contributed by atoms with E-state index in [4.69, 9.17) is 0 Å². The van der Waals surface area contributed by atoms with E-state index in [0.717, 1.165) is 0 Å². The summed E-state index contributed by atoms with van der Waals surface area (Å²) in [5, 5.41) is 10.2. The molecule has 0 fully saturated rings. The second kappa shape index (κ2) is 10.5. The molecule has 0 saturated carbocycles. The van der Waals surface area contributed by atoms with Gasteiger partial charge in [-0.15, -0.1) is 0 Å². The molecular formula is C49H34. The maximum Gasteiger partial charge on any atom is 0.0159 e. The van der Waals surface area contributed by atoms with Crippen molar-refractivity contribution in [1.29, 1.82) is 0 Å². The summed E-state index contributed by atoms with van der Waals surface area (Å²) in [5.41, 5.74) is 13.1. The van der Waals surface area contributed by atoms with Crippen LogP contribution in [0.3, 0.4) is 0 Å². The molecule has 0 bridgehead atoms. The fourth-order valence-corrected chi connectivity index (χ4v) is 8.72. The van der Waals surface area contributed by atoms with Crippen molar-refractivity contribution < 1.29 is 0 Å². The van der Waals surface area contributed by atoms with Crippen molar-refractivity contribution in [1.82, 2.24) is 0 Å². The SMILES string of the molecule is CC1(C)c2ccccc2-c2ccc(-c3c4ccccc4c(-c4ccc5cc(-c6ccccc6)c6ccccc6c5c4)c4ccccc34)cc21. The summed E-state index contributed by atoms with van der Waals surface area (Å²) in [6, 6.07) is 63.2. The lowest BCUT2D eigenvalue weighted by Crippen LogP contribution is -2.14. The molecule has 10 rings (SSSR count). The molecule has 0 aromatic heterocycles. The van der Waals surface area contributed by atoms with Crippen LogP contribution in [0, 0.1) is 0 Å². The average molecular weight is 623 g/mol. The van der Waals surface area contributed by atoms with Crippen LogP contribution in [0.5, 0.6) is 0 Å². The fraction of sp³-hybridized carbons (Fsp3) is 0.0612. The molecule has 0 amide bonds. The topological polar surface area (TPSA) is 0 Å². The summed E-state index contributed by atoms with van der Waals surface area (Å²) in [7, 11) is 0.